The number of esters is 3. The molecule has 0 aromatic heterocycles. The fourth-order valence-corrected chi connectivity index (χ4v) is 1.80. The van der Waals surface area contributed by atoms with E-state index in [4.69, 9.17) is 14.2 Å². The van der Waals surface area contributed by atoms with Crippen LogP contribution in [0.5, 0.6) is 0 Å². The Balaban J connectivity index is 2.91. The molecule has 0 saturated heterocycles. The lowest BCUT2D eigenvalue weighted by Gasteiger charge is -2.19. The number of aliphatic hydroxyl groups excluding tert-OH is 2. The maximum Gasteiger partial charge on any atom is 0.330 e. The second kappa shape index (κ2) is 9.19. The van der Waals surface area contributed by atoms with Crippen LogP contribution in [-0.4, -0.2) is 58.6 Å². The second-order valence-electron chi connectivity index (χ2n) is 5.49. The molecule has 8 nitrogen and oxygen atoms in total. The highest BCUT2D eigenvalue weighted by molar-refractivity contribution is 5.83. The minimum atomic E-state index is -1.22. The normalized spacial score (nSPS) is 36.2. The van der Waals surface area contributed by atoms with E-state index in [0.717, 1.165) is 24.3 Å². The van der Waals surface area contributed by atoms with Crippen LogP contribution in [0.4, 0.5) is 0 Å². The summed E-state index contributed by atoms with van der Waals surface area (Å²) in [6.45, 7) is 4.41. The molecule has 0 saturated carbocycles. The molecule has 1 rings (SSSR count). The van der Waals surface area contributed by atoms with E-state index in [2.05, 4.69) is 0 Å². The number of rotatable bonds is 0. The number of ether oxygens (including phenoxy) is 3. The third kappa shape index (κ3) is 6.93. The smallest absolute Gasteiger partial charge is 0.330 e. The molecule has 0 aromatic carbocycles. The Bertz CT molecular complexity index is 524. The molecule has 1 aliphatic heterocycles. The zero-order valence-corrected chi connectivity index (χ0v) is 13.7. The van der Waals surface area contributed by atoms with Gasteiger partial charge in [-0.15, -0.1) is 0 Å². The Morgan fingerprint density at radius 3 is 1.83 bits per heavy atom. The Hall–Kier alpha value is -2.19. The van der Waals surface area contributed by atoms with Crippen LogP contribution in [0.25, 0.3) is 0 Å². The summed E-state index contributed by atoms with van der Waals surface area (Å²) in [6.07, 6.45) is -0.961. The third-order valence-corrected chi connectivity index (χ3v) is 3.21. The SMILES string of the molecule is C[C@@H]1CC(=O)O[C@H](C)[C@H](O)/C=C\C(=O)O[C@H](C)[C@H](O)/C=C\C(=O)O1. The first-order valence-electron chi connectivity index (χ1n) is 7.52. The molecule has 24 heavy (non-hydrogen) atoms. The summed E-state index contributed by atoms with van der Waals surface area (Å²) in [5, 5.41) is 19.6. The quantitative estimate of drug-likeness (QED) is 0.467. The predicted molar refractivity (Wildman–Crippen MR) is 81.6 cm³/mol. The van der Waals surface area contributed by atoms with E-state index in [0.29, 0.717) is 0 Å². The number of hydrogen-bond donors (Lipinski definition) is 2. The summed E-state index contributed by atoms with van der Waals surface area (Å²) in [4.78, 5) is 34.9. The summed E-state index contributed by atoms with van der Waals surface area (Å²) in [7, 11) is 0. The number of hydrogen-bond acceptors (Lipinski definition) is 8. The first-order valence-corrected chi connectivity index (χ1v) is 7.52. The molecule has 0 bridgehead atoms. The topological polar surface area (TPSA) is 119 Å². The van der Waals surface area contributed by atoms with Gasteiger partial charge in [-0.25, -0.2) is 9.59 Å². The average molecular weight is 342 g/mol. The average Bonchev–Trinajstić information content (AvgIpc) is 2.48. The van der Waals surface area contributed by atoms with Crippen molar-refractivity contribution in [3.8, 4) is 0 Å². The van der Waals surface area contributed by atoms with Gasteiger partial charge in [0, 0.05) is 12.2 Å². The van der Waals surface area contributed by atoms with Crippen molar-refractivity contribution in [3.63, 3.8) is 0 Å². The molecule has 1 aliphatic rings. The molecular weight excluding hydrogens is 320 g/mol. The minimum absolute atomic E-state index is 0.193. The zero-order valence-electron chi connectivity index (χ0n) is 13.7. The van der Waals surface area contributed by atoms with Gasteiger partial charge in [0.05, 0.1) is 6.42 Å². The van der Waals surface area contributed by atoms with Crippen LogP contribution in [0.2, 0.25) is 0 Å². The van der Waals surface area contributed by atoms with Crippen molar-refractivity contribution in [3.05, 3.63) is 24.3 Å². The molecule has 8 heteroatoms. The predicted octanol–water partition coefficient (Wildman–Crippen LogP) is 0.0194. The highest BCUT2D eigenvalue weighted by Gasteiger charge is 2.21. The number of aliphatic hydroxyl groups is 2. The van der Waals surface area contributed by atoms with Gasteiger partial charge in [-0.05, 0) is 32.9 Å². The van der Waals surface area contributed by atoms with Crippen molar-refractivity contribution in [2.45, 2.75) is 57.7 Å². The minimum Gasteiger partial charge on any atom is -0.459 e. The zero-order chi connectivity index (χ0) is 18.3. The van der Waals surface area contributed by atoms with Gasteiger partial charge < -0.3 is 24.4 Å². The molecule has 2 N–H and O–H groups in total. The summed E-state index contributed by atoms with van der Waals surface area (Å²) < 4.78 is 14.9. The monoisotopic (exact) mass is 342 g/mol. The van der Waals surface area contributed by atoms with E-state index in [1.807, 2.05) is 0 Å². The van der Waals surface area contributed by atoms with Crippen LogP contribution >= 0.6 is 0 Å². The standard InChI is InChI=1S/C16H22O8/c1-9-8-16(21)24-11(3)13(18)5-7-15(20)23-10(2)12(17)4-6-14(19)22-9/h4-7,9-13,17-18H,8H2,1-3H3/b6-4-,7-5-/t9-,10-,11-,12-,13-/m1/s1. The van der Waals surface area contributed by atoms with E-state index in [1.165, 1.54) is 20.8 Å². The van der Waals surface area contributed by atoms with Gasteiger partial charge in [-0.3, -0.25) is 4.79 Å². The molecule has 0 fully saturated rings. The summed E-state index contributed by atoms with van der Waals surface area (Å²) in [5.74, 6) is -2.22. The summed E-state index contributed by atoms with van der Waals surface area (Å²) >= 11 is 0. The van der Waals surface area contributed by atoms with Crippen molar-refractivity contribution in [2.75, 3.05) is 0 Å². The molecule has 0 radical (unpaired) electrons. The first kappa shape index (κ1) is 19.9. The fourth-order valence-electron chi connectivity index (χ4n) is 1.80. The molecule has 5 atom stereocenters. The lowest BCUT2D eigenvalue weighted by Crippen LogP contribution is -2.30. The van der Waals surface area contributed by atoms with Crippen LogP contribution in [0.3, 0.4) is 0 Å². The Morgan fingerprint density at radius 1 is 0.833 bits per heavy atom. The summed E-state index contributed by atoms with van der Waals surface area (Å²) in [6, 6.07) is 0. The highest BCUT2D eigenvalue weighted by Crippen LogP contribution is 2.08. The lowest BCUT2D eigenvalue weighted by molar-refractivity contribution is -0.157. The van der Waals surface area contributed by atoms with Crippen LogP contribution in [0, 0.1) is 0 Å². The van der Waals surface area contributed by atoms with Gasteiger partial charge in [0.15, 0.2) is 0 Å². The lowest BCUT2D eigenvalue weighted by atomic mass is 10.2. The van der Waals surface area contributed by atoms with Crippen LogP contribution in [0.1, 0.15) is 27.2 Å². The molecule has 0 aliphatic carbocycles. The van der Waals surface area contributed by atoms with Gasteiger partial charge in [0.25, 0.3) is 0 Å². The number of carbonyl (C=O) groups excluding carboxylic acids is 3. The highest BCUT2D eigenvalue weighted by atomic mass is 16.6. The van der Waals surface area contributed by atoms with Gasteiger partial charge in [-0.1, -0.05) is 0 Å². The van der Waals surface area contributed by atoms with Gasteiger partial charge in [-0.2, -0.15) is 0 Å². The Labute approximate surface area is 139 Å². The Kier molecular flexibility index (Phi) is 7.60. The van der Waals surface area contributed by atoms with Gasteiger partial charge in [0.2, 0.25) is 0 Å². The van der Waals surface area contributed by atoms with Crippen LogP contribution < -0.4 is 0 Å². The van der Waals surface area contributed by atoms with E-state index in [1.54, 1.807) is 0 Å². The van der Waals surface area contributed by atoms with Crippen molar-refractivity contribution in [1.82, 2.24) is 0 Å². The molecule has 0 aromatic rings. The maximum absolute atomic E-state index is 11.7. The molecule has 0 unspecified atom stereocenters. The van der Waals surface area contributed by atoms with Gasteiger partial charge >= 0.3 is 17.9 Å². The van der Waals surface area contributed by atoms with E-state index in [9.17, 15) is 24.6 Å². The molecule has 0 amide bonds. The maximum atomic E-state index is 11.7. The largest absolute Gasteiger partial charge is 0.459 e. The van der Waals surface area contributed by atoms with Crippen molar-refractivity contribution in [2.24, 2.45) is 0 Å². The molecule has 134 valence electrons. The first-order chi connectivity index (χ1) is 11.2. The number of carbonyl (C=O) groups is 3. The fraction of sp³-hybridized carbons (Fsp3) is 0.562. The van der Waals surface area contributed by atoms with Crippen molar-refractivity contribution >= 4 is 17.9 Å². The van der Waals surface area contributed by atoms with Gasteiger partial charge in [0.1, 0.15) is 30.5 Å². The van der Waals surface area contributed by atoms with E-state index >= 15 is 0 Å². The van der Waals surface area contributed by atoms with E-state index in [-0.39, 0.29) is 6.42 Å². The van der Waals surface area contributed by atoms with Crippen LogP contribution in [0.15, 0.2) is 24.3 Å². The molecule has 0 spiro atoms. The number of cyclic esters (lactones) is 3. The summed E-state index contributed by atoms with van der Waals surface area (Å²) in [5.41, 5.74) is 0. The third-order valence-electron chi connectivity index (χ3n) is 3.21. The van der Waals surface area contributed by atoms with E-state index < -0.39 is 48.4 Å². The molecule has 1 heterocycles. The van der Waals surface area contributed by atoms with Crippen LogP contribution in [-0.2, 0) is 28.6 Å². The van der Waals surface area contributed by atoms with Crippen molar-refractivity contribution < 1.29 is 38.8 Å². The van der Waals surface area contributed by atoms with Crippen molar-refractivity contribution in [1.29, 1.82) is 0 Å². The Morgan fingerprint density at radius 2 is 1.29 bits per heavy atom. The molecular formula is C16H22O8. The second-order valence-corrected chi connectivity index (χ2v) is 5.49.